The number of fused-ring (bicyclic) bond motifs is 1. The molecular formula is C25H29N3O5. The lowest BCUT2D eigenvalue weighted by Gasteiger charge is -2.40. The van der Waals surface area contributed by atoms with Crippen LogP contribution in [0.15, 0.2) is 48.5 Å². The van der Waals surface area contributed by atoms with Crippen LogP contribution in [0.1, 0.15) is 49.5 Å². The van der Waals surface area contributed by atoms with E-state index in [1.165, 1.54) is 4.90 Å². The molecule has 0 radical (unpaired) electrons. The van der Waals surface area contributed by atoms with Crippen LogP contribution in [0, 0.1) is 0 Å². The summed E-state index contributed by atoms with van der Waals surface area (Å²) in [5.74, 6) is -0.0186. The smallest absolute Gasteiger partial charge is 0.407 e. The van der Waals surface area contributed by atoms with E-state index in [1.807, 2.05) is 44.2 Å². The highest BCUT2D eigenvalue weighted by atomic mass is 16.5. The quantitative estimate of drug-likeness (QED) is 0.734. The molecule has 0 spiro atoms. The predicted octanol–water partition coefficient (Wildman–Crippen LogP) is 3.93. The van der Waals surface area contributed by atoms with E-state index >= 15 is 0 Å². The van der Waals surface area contributed by atoms with Crippen LogP contribution in [-0.2, 0) is 10.4 Å². The molecule has 2 N–H and O–H groups in total. The zero-order valence-electron chi connectivity index (χ0n) is 19.1. The summed E-state index contributed by atoms with van der Waals surface area (Å²) in [6.45, 7) is 6.34. The van der Waals surface area contributed by atoms with Crippen LogP contribution < -0.4 is 10.1 Å². The number of carbonyl (C=O) groups is 3. The van der Waals surface area contributed by atoms with E-state index in [9.17, 15) is 19.5 Å². The van der Waals surface area contributed by atoms with Crippen molar-refractivity contribution in [1.29, 1.82) is 0 Å². The van der Waals surface area contributed by atoms with E-state index in [4.69, 9.17) is 4.74 Å². The van der Waals surface area contributed by atoms with Crippen molar-refractivity contribution in [2.75, 3.05) is 18.4 Å². The molecule has 8 nitrogen and oxygen atoms in total. The fourth-order valence-corrected chi connectivity index (χ4v) is 4.63. The fraction of sp³-hybridized carbons (Fsp3) is 0.400. The summed E-state index contributed by atoms with van der Waals surface area (Å²) in [6.07, 6.45) is 0.485. The minimum atomic E-state index is -1.17. The summed E-state index contributed by atoms with van der Waals surface area (Å²) >= 11 is 0. The minimum absolute atomic E-state index is 0.112. The van der Waals surface area contributed by atoms with Crippen molar-refractivity contribution in [3.05, 3.63) is 59.7 Å². The van der Waals surface area contributed by atoms with Gasteiger partial charge in [-0.1, -0.05) is 30.3 Å². The second-order valence-electron chi connectivity index (χ2n) is 9.00. The van der Waals surface area contributed by atoms with Gasteiger partial charge in [-0.3, -0.25) is 9.59 Å². The molecule has 0 aliphatic carbocycles. The van der Waals surface area contributed by atoms with Gasteiger partial charge in [-0.05, 0) is 51.8 Å². The number of benzene rings is 2. The SMILES string of the molecule is CC(C)N(C(=O)c1ccc2c(c1)NC(=O)C(C)(c1ccccc1)O2)[C@@H]1CCCN(C(=O)O)C1. The first-order valence-electron chi connectivity index (χ1n) is 11.2. The van der Waals surface area contributed by atoms with Gasteiger partial charge >= 0.3 is 6.09 Å². The number of carboxylic acid groups (broad SMARTS) is 1. The molecule has 174 valence electrons. The molecule has 2 atom stereocenters. The van der Waals surface area contributed by atoms with Gasteiger partial charge in [0.2, 0.25) is 5.60 Å². The second kappa shape index (κ2) is 8.77. The Morgan fingerprint density at radius 3 is 2.61 bits per heavy atom. The van der Waals surface area contributed by atoms with E-state index in [1.54, 1.807) is 30.0 Å². The molecule has 4 rings (SSSR count). The molecule has 1 unspecified atom stereocenters. The summed E-state index contributed by atoms with van der Waals surface area (Å²) < 4.78 is 6.11. The highest BCUT2D eigenvalue weighted by molar-refractivity contribution is 6.03. The lowest BCUT2D eigenvalue weighted by molar-refractivity contribution is -0.131. The van der Waals surface area contributed by atoms with Gasteiger partial charge in [0.1, 0.15) is 5.75 Å². The van der Waals surface area contributed by atoms with Crippen LogP contribution in [0.3, 0.4) is 0 Å². The molecule has 2 heterocycles. The first-order valence-corrected chi connectivity index (χ1v) is 11.2. The molecule has 0 bridgehead atoms. The number of nitrogens with zero attached hydrogens (tertiary/aromatic N) is 2. The van der Waals surface area contributed by atoms with Gasteiger partial charge in [-0.2, -0.15) is 0 Å². The molecule has 2 aliphatic rings. The minimum Gasteiger partial charge on any atom is -0.471 e. The standard InChI is InChI=1S/C25H29N3O5/c1-16(2)28(19-10-7-13-27(15-19)24(31)32)22(29)17-11-12-21-20(14-17)26-23(30)25(3,33-21)18-8-5-4-6-9-18/h4-6,8-9,11-12,14,16,19H,7,10,13,15H2,1-3H3,(H,26,30)(H,31,32)/t19-,25?/m1/s1. The van der Waals surface area contributed by atoms with Gasteiger partial charge in [0.25, 0.3) is 11.8 Å². The van der Waals surface area contributed by atoms with E-state index in [0.717, 1.165) is 12.0 Å². The third-order valence-corrected chi connectivity index (χ3v) is 6.40. The monoisotopic (exact) mass is 451 g/mol. The third kappa shape index (κ3) is 4.25. The molecule has 2 aliphatic heterocycles. The predicted molar refractivity (Wildman–Crippen MR) is 123 cm³/mol. The van der Waals surface area contributed by atoms with E-state index in [2.05, 4.69) is 5.32 Å². The number of hydrogen-bond donors (Lipinski definition) is 2. The van der Waals surface area contributed by atoms with Gasteiger partial charge < -0.3 is 25.0 Å². The average Bonchev–Trinajstić information content (AvgIpc) is 2.80. The van der Waals surface area contributed by atoms with Crippen molar-refractivity contribution in [1.82, 2.24) is 9.80 Å². The average molecular weight is 452 g/mol. The van der Waals surface area contributed by atoms with Gasteiger partial charge in [0.05, 0.1) is 11.7 Å². The van der Waals surface area contributed by atoms with Crippen LogP contribution in [0.25, 0.3) is 0 Å². The summed E-state index contributed by atoms with van der Waals surface area (Å²) in [5.41, 5.74) is 0.423. The van der Waals surface area contributed by atoms with E-state index < -0.39 is 11.7 Å². The van der Waals surface area contributed by atoms with Gasteiger partial charge in [0.15, 0.2) is 0 Å². The van der Waals surface area contributed by atoms with Crippen LogP contribution >= 0.6 is 0 Å². The number of amides is 3. The number of nitrogens with one attached hydrogen (secondary N) is 1. The summed E-state index contributed by atoms with van der Waals surface area (Å²) in [6, 6.07) is 14.0. The molecule has 1 saturated heterocycles. The summed E-state index contributed by atoms with van der Waals surface area (Å²) in [4.78, 5) is 41.0. The Morgan fingerprint density at radius 1 is 1.21 bits per heavy atom. The Hall–Kier alpha value is -3.55. The lowest BCUT2D eigenvalue weighted by atomic mass is 9.93. The number of ether oxygens (including phenoxy) is 1. The third-order valence-electron chi connectivity index (χ3n) is 6.40. The van der Waals surface area contributed by atoms with Gasteiger partial charge in [-0.15, -0.1) is 0 Å². The first-order chi connectivity index (χ1) is 15.7. The van der Waals surface area contributed by atoms with Gasteiger partial charge in [0, 0.05) is 30.3 Å². The number of likely N-dealkylation sites (tertiary alicyclic amines) is 1. The lowest BCUT2D eigenvalue weighted by Crippen LogP contribution is -2.53. The topological polar surface area (TPSA) is 99.2 Å². The maximum Gasteiger partial charge on any atom is 0.407 e. The maximum absolute atomic E-state index is 13.5. The van der Waals surface area contributed by atoms with Crippen LogP contribution in [-0.4, -0.2) is 58.0 Å². The molecule has 3 amide bonds. The first kappa shape index (κ1) is 22.6. The van der Waals surface area contributed by atoms with Crippen molar-refractivity contribution in [2.24, 2.45) is 0 Å². The zero-order valence-corrected chi connectivity index (χ0v) is 19.1. The Labute approximate surface area is 193 Å². The Bertz CT molecular complexity index is 1070. The largest absolute Gasteiger partial charge is 0.471 e. The van der Waals surface area contributed by atoms with Crippen LogP contribution in [0.5, 0.6) is 5.75 Å². The summed E-state index contributed by atoms with van der Waals surface area (Å²) in [7, 11) is 0. The molecule has 2 aromatic rings. The van der Waals surface area contributed by atoms with Crippen LogP contribution in [0.4, 0.5) is 10.5 Å². The molecule has 1 fully saturated rings. The second-order valence-corrected chi connectivity index (χ2v) is 9.00. The molecule has 33 heavy (non-hydrogen) atoms. The number of hydrogen-bond acceptors (Lipinski definition) is 4. The van der Waals surface area contributed by atoms with Gasteiger partial charge in [-0.25, -0.2) is 4.79 Å². The normalized spacial score (nSPS) is 22.2. The fourth-order valence-electron chi connectivity index (χ4n) is 4.63. The highest BCUT2D eigenvalue weighted by Crippen LogP contribution is 2.39. The summed E-state index contributed by atoms with van der Waals surface area (Å²) in [5, 5.41) is 12.3. The molecular weight excluding hydrogens is 422 g/mol. The number of piperidine rings is 1. The number of anilines is 1. The Morgan fingerprint density at radius 2 is 1.94 bits per heavy atom. The van der Waals surface area contributed by atoms with Crippen molar-refractivity contribution >= 4 is 23.6 Å². The van der Waals surface area contributed by atoms with E-state index in [-0.39, 0.29) is 23.9 Å². The van der Waals surface area contributed by atoms with Crippen molar-refractivity contribution in [2.45, 2.75) is 51.3 Å². The number of rotatable bonds is 4. The molecule has 8 heteroatoms. The molecule has 0 saturated carbocycles. The number of carbonyl (C=O) groups excluding carboxylic acids is 2. The molecule has 2 aromatic carbocycles. The highest BCUT2D eigenvalue weighted by Gasteiger charge is 2.42. The Kier molecular flexibility index (Phi) is 6.01. The van der Waals surface area contributed by atoms with Crippen molar-refractivity contribution in [3.63, 3.8) is 0 Å². The van der Waals surface area contributed by atoms with Crippen LogP contribution in [0.2, 0.25) is 0 Å². The van der Waals surface area contributed by atoms with E-state index in [0.29, 0.717) is 36.5 Å². The van der Waals surface area contributed by atoms with Crippen molar-refractivity contribution in [3.8, 4) is 5.75 Å². The van der Waals surface area contributed by atoms with Crippen molar-refractivity contribution < 1.29 is 24.2 Å². The molecule has 0 aromatic heterocycles. The zero-order chi connectivity index (χ0) is 23.8. The Balaban J connectivity index is 1.59. The maximum atomic E-state index is 13.5.